The Morgan fingerprint density at radius 3 is 2.91 bits per heavy atom. The molecule has 0 bridgehead atoms. The highest BCUT2D eigenvalue weighted by molar-refractivity contribution is 9.10. The van der Waals surface area contributed by atoms with Crippen molar-refractivity contribution >= 4 is 33.4 Å². The molecule has 1 heterocycles. The molecule has 0 atom stereocenters. The minimum absolute atomic E-state index is 0.110. The molecule has 7 heteroatoms. The Balaban J connectivity index is 1.51. The van der Waals surface area contributed by atoms with Crippen LogP contribution in [0.25, 0.3) is 0 Å². The van der Waals surface area contributed by atoms with Crippen LogP contribution in [0, 0.1) is 0 Å². The van der Waals surface area contributed by atoms with Gasteiger partial charge in [0.2, 0.25) is 6.79 Å². The van der Waals surface area contributed by atoms with Crippen molar-refractivity contribution in [3.8, 4) is 17.2 Å². The van der Waals surface area contributed by atoms with E-state index < -0.39 is 0 Å². The molecule has 1 aliphatic rings. The third-order valence-electron chi connectivity index (χ3n) is 3.18. The first-order valence-electron chi connectivity index (χ1n) is 6.85. The molecule has 23 heavy (non-hydrogen) atoms. The summed E-state index contributed by atoms with van der Waals surface area (Å²) in [5.41, 5.74) is 0.920. The van der Waals surface area contributed by atoms with Gasteiger partial charge in [-0.15, -0.1) is 0 Å². The minimum Gasteiger partial charge on any atom is -0.482 e. The van der Waals surface area contributed by atoms with E-state index in [1.54, 1.807) is 18.2 Å². The molecule has 1 aliphatic heterocycles. The molecule has 3 rings (SSSR count). The van der Waals surface area contributed by atoms with E-state index in [1.807, 2.05) is 18.2 Å². The van der Waals surface area contributed by atoms with E-state index in [2.05, 4.69) is 21.2 Å². The fourth-order valence-electron chi connectivity index (χ4n) is 2.03. The summed E-state index contributed by atoms with van der Waals surface area (Å²) in [6.45, 7) is 0.498. The molecule has 120 valence electrons. The van der Waals surface area contributed by atoms with Crippen molar-refractivity contribution in [1.29, 1.82) is 0 Å². The van der Waals surface area contributed by atoms with Gasteiger partial charge < -0.3 is 19.5 Å². The number of hydrogen-bond acceptors (Lipinski definition) is 4. The summed E-state index contributed by atoms with van der Waals surface area (Å²) in [7, 11) is 0. The second-order valence-electron chi connectivity index (χ2n) is 4.83. The average Bonchev–Trinajstić information content (AvgIpc) is 3.01. The van der Waals surface area contributed by atoms with Gasteiger partial charge >= 0.3 is 0 Å². The number of ether oxygens (including phenoxy) is 3. The molecule has 2 aromatic carbocycles. The highest BCUT2D eigenvalue weighted by Gasteiger charge is 2.13. The molecule has 0 unspecified atom stereocenters. The Hall–Kier alpha value is -1.92. The number of amides is 1. The monoisotopic (exact) mass is 397 g/mol. The molecule has 0 saturated carbocycles. The van der Waals surface area contributed by atoms with Crippen LogP contribution in [0.5, 0.6) is 17.2 Å². The van der Waals surface area contributed by atoms with Crippen LogP contribution in [0.1, 0.15) is 5.56 Å². The van der Waals surface area contributed by atoms with E-state index in [0.717, 1.165) is 10.0 Å². The number of carbonyl (C=O) groups is 1. The van der Waals surface area contributed by atoms with Crippen LogP contribution in [0.15, 0.2) is 40.9 Å². The lowest BCUT2D eigenvalue weighted by atomic mass is 10.2. The van der Waals surface area contributed by atoms with Crippen molar-refractivity contribution in [2.75, 3.05) is 13.4 Å². The molecule has 0 fully saturated rings. The fraction of sp³-hybridized carbons (Fsp3) is 0.188. The summed E-state index contributed by atoms with van der Waals surface area (Å²) < 4.78 is 16.8. The van der Waals surface area contributed by atoms with E-state index in [9.17, 15) is 4.79 Å². The van der Waals surface area contributed by atoms with E-state index in [4.69, 9.17) is 25.8 Å². The van der Waals surface area contributed by atoms with Gasteiger partial charge in [-0.1, -0.05) is 33.6 Å². The second kappa shape index (κ2) is 7.10. The lowest BCUT2D eigenvalue weighted by molar-refractivity contribution is -0.123. The van der Waals surface area contributed by atoms with Gasteiger partial charge in [0.15, 0.2) is 18.1 Å². The molecular formula is C16H13BrClNO4. The van der Waals surface area contributed by atoms with E-state index in [1.165, 1.54) is 0 Å². The molecule has 0 aliphatic carbocycles. The van der Waals surface area contributed by atoms with Crippen molar-refractivity contribution in [3.63, 3.8) is 0 Å². The number of halogens is 2. The number of benzene rings is 2. The first-order valence-corrected chi connectivity index (χ1v) is 8.02. The number of hydrogen-bond donors (Lipinski definition) is 1. The zero-order valence-electron chi connectivity index (χ0n) is 12.0. The SMILES string of the molecule is O=C(COc1cc(Br)ccc1Cl)NCc1ccc2c(c1)OCO2. The summed E-state index contributed by atoms with van der Waals surface area (Å²) in [5.74, 6) is 1.62. The van der Waals surface area contributed by atoms with E-state index in [0.29, 0.717) is 28.8 Å². The predicted octanol–water partition coefficient (Wildman–Crippen LogP) is 3.53. The molecule has 0 radical (unpaired) electrons. The fourth-order valence-corrected chi connectivity index (χ4v) is 2.55. The molecule has 1 N–H and O–H groups in total. The van der Waals surface area contributed by atoms with Crippen LogP contribution < -0.4 is 19.5 Å². The zero-order valence-corrected chi connectivity index (χ0v) is 14.3. The highest BCUT2D eigenvalue weighted by Crippen LogP contribution is 2.32. The van der Waals surface area contributed by atoms with Crippen LogP contribution in [0.3, 0.4) is 0 Å². The normalized spacial score (nSPS) is 12.1. The lowest BCUT2D eigenvalue weighted by Gasteiger charge is -2.09. The van der Waals surface area contributed by atoms with Crippen molar-refractivity contribution in [3.05, 3.63) is 51.5 Å². The molecular weight excluding hydrogens is 386 g/mol. The quantitative estimate of drug-likeness (QED) is 0.837. The highest BCUT2D eigenvalue weighted by atomic mass is 79.9. The van der Waals surface area contributed by atoms with Crippen molar-refractivity contribution < 1.29 is 19.0 Å². The third kappa shape index (κ3) is 4.09. The second-order valence-corrected chi connectivity index (χ2v) is 6.15. The van der Waals surface area contributed by atoms with Gasteiger partial charge in [0.1, 0.15) is 5.75 Å². The molecule has 5 nitrogen and oxygen atoms in total. The first kappa shape index (κ1) is 16.0. The smallest absolute Gasteiger partial charge is 0.258 e. The van der Waals surface area contributed by atoms with Crippen LogP contribution in [0.4, 0.5) is 0 Å². The van der Waals surface area contributed by atoms with Gasteiger partial charge in [0.25, 0.3) is 5.91 Å². The van der Waals surface area contributed by atoms with Crippen molar-refractivity contribution in [2.24, 2.45) is 0 Å². The van der Waals surface area contributed by atoms with Gasteiger partial charge in [-0.25, -0.2) is 0 Å². The van der Waals surface area contributed by atoms with Gasteiger partial charge in [0, 0.05) is 11.0 Å². The Morgan fingerprint density at radius 1 is 1.22 bits per heavy atom. The number of carbonyl (C=O) groups excluding carboxylic acids is 1. The van der Waals surface area contributed by atoms with Crippen LogP contribution in [0.2, 0.25) is 5.02 Å². The summed E-state index contributed by atoms with van der Waals surface area (Å²) >= 11 is 9.33. The molecule has 2 aromatic rings. The Kier molecular flexibility index (Phi) is 4.93. The summed E-state index contributed by atoms with van der Waals surface area (Å²) in [6.07, 6.45) is 0. The number of nitrogens with one attached hydrogen (secondary N) is 1. The van der Waals surface area contributed by atoms with Crippen LogP contribution in [-0.4, -0.2) is 19.3 Å². The minimum atomic E-state index is -0.237. The summed E-state index contributed by atoms with van der Waals surface area (Å²) in [6, 6.07) is 10.8. The predicted molar refractivity (Wildman–Crippen MR) is 89.1 cm³/mol. The number of rotatable bonds is 5. The van der Waals surface area contributed by atoms with Crippen LogP contribution >= 0.6 is 27.5 Å². The Bertz CT molecular complexity index is 738. The van der Waals surface area contributed by atoms with Gasteiger partial charge in [-0.2, -0.15) is 0 Å². The number of fused-ring (bicyclic) bond motifs is 1. The maximum atomic E-state index is 11.9. The van der Waals surface area contributed by atoms with E-state index in [-0.39, 0.29) is 19.3 Å². The maximum absolute atomic E-state index is 11.9. The largest absolute Gasteiger partial charge is 0.482 e. The average molecular weight is 399 g/mol. The zero-order chi connectivity index (χ0) is 16.2. The van der Waals surface area contributed by atoms with Crippen LogP contribution in [-0.2, 0) is 11.3 Å². The molecule has 0 spiro atoms. The topological polar surface area (TPSA) is 56.8 Å². The standard InChI is InChI=1S/C16H13BrClNO4/c17-11-2-3-12(18)14(6-11)21-8-16(20)19-7-10-1-4-13-15(5-10)23-9-22-13/h1-6H,7-9H2,(H,19,20). The Morgan fingerprint density at radius 2 is 2.04 bits per heavy atom. The summed E-state index contributed by atoms with van der Waals surface area (Å²) in [5, 5.41) is 3.23. The molecule has 0 saturated heterocycles. The third-order valence-corrected chi connectivity index (χ3v) is 3.98. The first-order chi connectivity index (χ1) is 11.1. The molecule has 1 amide bonds. The summed E-state index contributed by atoms with van der Waals surface area (Å²) in [4.78, 5) is 11.9. The van der Waals surface area contributed by atoms with E-state index >= 15 is 0 Å². The van der Waals surface area contributed by atoms with Crippen molar-refractivity contribution in [2.45, 2.75) is 6.54 Å². The Labute approximate surface area is 146 Å². The lowest BCUT2D eigenvalue weighted by Crippen LogP contribution is -2.28. The maximum Gasteiger partial charge on any atom is 0.258 e. The van der Waals surface area contributed by atoms with Gasteiger partial charge in [-0.3, -0.25) is 4.79 Å². The molecule has 0 aromatic heterocycles. The van der Waals surface area contributed by atoms with Crippen molar-refractivity contribution in [1.82, 2.24) is 5.32 Å². The van der Waals surface area contributed by atoms with Gasteiger partial charge in [-0.05, 0) is 35.9 Å². The van der Waals surface area contributed by atoms with Gasteiger partial charge in [0.05, 0.1) is 5.02 Å².